The van der Waals surface area contributed by atoms with Gasteiger partial charge in [-0.1, -0.05) is 6.07 Å². The van der Waals surface area contributed by atoms with E-state index in [9.17, 15) is 9.18 Å². The number of hydrogen-bond acceptors (Lipinski definition) is 3. The molecule has 7 heteroatoms. The summed E-state index contributed by atoms with van der Waals surface area (Å²) in [5.41, 5.74) is 2.20. The molecule has 0 unspecified atom stereocenters. The van der Waals surface area contributed by atoms with Crippen LogP contribution in [-0.4, -0.2) is 27.8 Å². The van der Waals surface area contributed by atoms with Gasteiger partial charge in [-0.2, -0.15) is 5.26 Å². The van der Waals surface area contributed by atoms with Crippen LogP contribution in [0.1, 0.15) is 11.3 Å². The van der Waals surface area contributed by atoms with E-state index < -0.39 is 6.09 Å². The Morgan fingerprint density at radius 1 is 1.53 bits per heavy atom. The monoisotopic (exact) mass is 328 g/mol. The van der Waals surface area contributed by atoms with Crippen LogP contribution in [0.3, 0.4) is 0 Å². The summed E-state index contributed by atoms with van der Waals surface area (Å²) in [6.45, 7) is 0.706. The van der Waals surface area contributed by atoms with Gasteiger partial charge in [-0.25, -0.2) is 9.18 Å². The second-order valence-corrected chi connectivity index (χ2v) is 5.25. The molecule has 0 bridgehead atoms. The number of amides is 1. The highest BCUT2D eigenvalue weighted by molar-refractivity contribution is 9.10. The summed E-state index contributed by atoms with van der Waals surface area (Å²) in [5, 5.41) is 9.16. The number of carbonyl (C=O) groups excluding carboxylic acids is 1. The van der Waals surface area contributed by atoms with Gasteiger partial charge in [-0.3, -0.25) is 4.89 Å². The minimum Gasteiger partial charge on any atom is -0.356 e. The van der Waals surface area contributed by atoms with E-state index in [0.717, 1.165) is 16.6 Å². The molecule has 0 saturated carbocycles. The van der Waals surface area contributed by atoms with Gasteiger partial charge >= 0.3 is 6.09 Å². The van der Waals surface area contributed by atoms with Crippen molar-refractivity contribution in [3.63, 3.8) is 0 Å². The SMILES string of the molecule is O=C(OO)N1CCc2[nH]c3c(F)c(Br)ccc3c2C1. The highest BCUT2D eigenvalue weighted by atomic mass is 79.9. The third-order valence-corrected chi connectivity index (χ3v) is 3.99. The second-order valence-electron chi connectivity index (χ2n) is 4.39. The van der Waals surface area contributed by atoms with Crippen molar-refractivity contribution in [1.29, 1.82) is 0 Å². The maximum Gasteiger partial charge on any atom is 0.441 e. The van der Waals surface area contributed by atoms with E-state index >= 15 is 0 Å². The minimum absolute atomic E-state index is 0.287. The van der Waals surface area contributed by atoms with Crippen LogP contribution in [0.5, 0.6) is 0 Å². The molecule has 3 rings (SSSR count). The van der Waals surface area contributed by atoms with E-state index in [0.29, 0.717) is 23.0 Å². The number of hydrogen-bond donors (Lipinski definition) is 2. The normalized spacial score (nSPS) is 14.6. The summed E-state index contributed by atoms with van der Waals surface area (Å²) in [6.07, 6.45) is -0.228. The number of rotatable bonds is 0. The van der Waals surface area contributed by atoms with Gasteiger partial charge in [0.1, 0.15) is 0 Å². The van der Waals surface area contributed by atoms with E-state index in [1.165, 1.54) is 4.90 Å². The Bertz CT molecular complexity index is 671. The molecule has 0 saturated heterocycles. The van der Waals surface area contributed by atoms with Crippen molar-refractivity contribution in [2.75, 3.05) is 6.54 Å². The zero-order chi connectivity index (χ0) is 13.6. The van der Waals surface area contributed by atoms with Crippen LogP contribution in [0.2, 0.25) is 0 Å². The Morgan fingerprint density at radius 2 is 2.32 bits per heavy atom. The summed E-state index contributed by atoms with van der Waals surface area (Å²) in [6, 6.07) is 3.43. The first-order valence-electron chi connectivity index (χ1n) is 5.69. The third-order valence-electron chi connectivity index (χ3n) is 3.38. The third kappa shape index (κ3) is 1.89. The molecule has 0 spiro atoms. The molecule has 5 nitrogen and oxygen atoms in total. The Balaban J connectivity index is 2.09. The number of halogens is 2. The molecule has 0 aliphatic carbocycles. The Labute approximate surface area is 116 Å². The molecule has 2 N–H and O–H groups in total. The molecule has 1 aromatic heterocycles. The van der Waals surface area contributed by atoms with Crippen LogP contribution < -0.4 is 0 Å². The van der Waals surface area contributed by atoms with Gasteiger partial charge in [-0.05, 0) is 22.0 Å². The van der Waals surface area contributed by atoms with Crippen LogP contribution in [0.25, 0.3) is 10.9 Å². The van der Waals surface area contributed by atoms with E-state index in [1.54, 1.807) is 12.1 Å². The summed E-state index contributed by atoms with van der Waals surface area (Å²) >= 11 is 3.14. The lowest BCUT2D eigenvalue weighted by Gasteiger charge is -2.24. The van der Waals surface area contributed by atoms with Crippen molar-refractivity contribution < 1.29 is 19.3 Å². The van der Waals surface area contributed by atoms with Gasteiger partial charge in [0.25, 0.3) is 0 Å². The maximum absolute atomic E-state index is 14.0. The molecule has 2 heterocycles. The summed E-state index contributed by atoms with van der Waals surface area (Å²) in [4.78, 5) is 19.5. The standard InChI is InChI=1S/C12H10BrFN2O3/c13-8-2-1-6-7-5-16(12(17)19-18)4-3-9(7)15-11(6)10(8)14/h1-2,15,18H,3-5H2. The van der Waals surface area contributed by atoms with Crippen molar-refractivity contribution in [1.82, 2.24) is 9.88 Å². The molecule has 1 aliphatic rings. The Morgan fingerprint density at radius 3 is 3.05 bits per heavy atom. The Hall–Kier alpha value is -1.60. The number of aromatic amines is 1. The van der Waals surface area contributed by atoms with Gasteiger partial charge in [0.05, 0.1) is 16.5 Å². The second kappa shape index (κ2) is 4.50. The van der Waals surface area contributed by atoms with E-state index in [2.05, 4.69) is 25.8 Å². The summed E-state index contributed by atoms with van der Waals surface area (Å²) in [7, 11) is 0. The van der Waals surface area contributed by atoms with E-state index in [4.69, 9.17) is 5.26 Å². The lowest BCUT2D eigenvalue weighted by Crippen LogP contribution is -2.35. The maximum atomic E-state index is 14.0. The van der Waals surface area contributed by atoms with Gasteiger partial charge in [0, 0.05) is 29.6 Å². The van der Waals surface area contributed by atoms with E-state index in [1.807, 2.05) is 0 Å². The zero-order valence-electron chi connectivity index (χ0n) is 9.74. The first-order valence-corrected chi connectivity index (χ1v) is 6.49. The van der Waals surface area contributed by atoms with Crippen molar-refractivity contribution in [3.05, 3.63) is 33.7 Å². The van der Waals surface area contributed by atoms with Crippen LogP contribution in [0.15, 0.2) is 16.6 Å². The molecule has 1 amide bonds. The molecule has 1 aromatic carbocycles. The predicted molar refractivity (Wildman–Crippen MR) is 69.2 cm³/mol. The van der Waals surface area contributed by atoms with Crippen molar-refractivity contribution in [2.24, 2.45) is 0 Å². The quantitative estimate of drug-likeness (QED) is 0.577. The number of H-pyrrole nitrogens is 1. The van der Waals surface area contributed by atoms with Gasteiger partial charge in [0.15, 0.2) is 5.82 Å². The number of benzene rings is 1. The van der Waals surface area contributed by atoms with Crippen LogP contribution >= 0.6 is 15.9 Å². The van der Waals surface area contributed by atoms with Crippen LogP contribution in [0, 0.1) is 5.82 Å². The first kappa shape index (κ1) is 12.4. The fourth-order valence-electron chi connectivity index (χ4n) is 2.44. The molecule has 19 heavy (non-hydrogen) atoms. The summed E-state index contributed by atoms with van der Waals surface area (Å²) < 4.78 is 14.4. The molecule has 0 fully saturated rings. The molecule has 1 aliphatic heterocycles. The smallest absolute Gasteiger partial charge is 0.356 e. The fraction of sp³-hybridized carbons (Fsp3) is 0.250. The molecule has 0 atom stereocenters. The predicted octanol–water partition coefficient (Wildman–Crippen LogP) is 3.04. The van der Waals surface area contributed by atoms with E-state index in [-0.39, 0.29) is 12.4 Å². The molecule has 100 valence electrons. The highest BCUT2D eigenvalue weighted by Gasteiger charge is 2.26. The minimum atomic E-state index is -0.794. The lowest BCUT2D eigenvalue weighted by molar-refractivity contribution is -0.188. The van der Waals surface area contributed by atoms with Gasteiger partial charge < -0.3 is 9.88 Å². The van der Waals surface area contributed by atoms with Crippen LogP contribution in [0.4, 0.5) is 9.18 Å². The topological polar surface area (TPSA) is 65.6 Å². The average molecular weight is 329 g/mol. The van der Waals surface area contributed by atoms with Crippen LogP contribution in [-0.2, 0) is 17.9 Å². The van der Waals surface area contributed by atoms with Gasteiger partial charge in [0.2, 0.25) is 0 Å². The van der Waals surface area contributed by atoms with Crippen molar-refractivity contribution in [3.8, 4) is 0 Å². The molecular weight excluding hydrogens is 319 g/mol. The highest BCUT2D eigenvalue weighted by Crippen LogP contribution is 2.32. The number of nitrogens with one attached hydrogen (secondary N) is 1. The molecule has 0 radical (unpaired) electrons. The van der Waals surface area contributed by atoms with Crippen molar-refractivity contribution >= 4 is 32.9 Å². The van der Waals surface area contributed by atoms with Gasteiger partial charge in [-0.15, -0.1) is 0 Å². The zero-order valence-corrected chi connectivity index (χ0v) is 11.3. The average Bonchev–Trinajstić information content (AvgIpc) is 2.80. The number of carbonyl (C=O) groups is 1. The summed E-state index contributed by atoms with van der Waals surface area (Å²) in [5.74, 6) is -0.344. The largest absolute Gasteiger partial charge is 0.441 e. The number of nitrogens with zero attached hydrogens (tertiary/aromatic N) is 1. The fourth-order valence-corrected chi connectivity index (χ4v) is 2.77. The Kier molecular flexibility index (Phi) is 2.94. The molecular formula is C12H10BrFN2O3. The number of fused-ring (bicyclic) bond motifs is 3. The van der Waals surface area contributed by atoms with Crippen molar-refractivity contribution in [2.45, 2.75) is 13.0 Å². The number of aromatic nitrogens is 1. The first-order chi connectivity index (χ1) is 9.11. The molecule has 2 aromatic rings. The lowest BCUT2D eigenvalue weighted by atomic mass is 10.0.